The molecule has 0 amide bonds. The molecule has 118 valence electrons. The molecule has 4 nitrogen and oxygen atoms in total. The summed E-state index contributed by atoms with van der Waals surface area (Å²) in [5, 5.41) is 4.07. The summed E-state index contributed by atoms with van der Waals surface area (Å²) in [7, 11) is 0. The van der Waals surface area contributed by atoms with Crippen molar-refractivity contribution >= 4 is 17.3 Å². The fraction of sp³-hybridized carbons (Fsp3) is 0.471. The zero-order valence-corrected chi connectivity index (χ0v) is 13.8. The lowest BCUT2D eigenvalue weighted by molar-refractivity contribution is -0.917. The lowest BCUT2D eigenvalue weighted by Crippen LogP contribution is -3.13. The number of piperazine rings is 1. The van der Waals surface area contributed by atoms with Crippen LogP contribution in [0.2, 0.25) is 0 Å². The van der Waals surface area contributed by atoms with Crippen LogP contribution in [0.25, 0.3) is 0 Å². The van der Waals surface area contributed by atoms with Gasteiger partial charge in [-0.3, -0.25) is 0 Å². The van der Waals surface area contributed by atoms with Gasteiger partial charge in [-0.25, -0.2) is 0 Å². The summed E-state index contributed by atoms with van der Waals surface area (Å²) < 4.78 is 5.57. The van der Waals surface area contributed by atoms with Gasteiger partial charge in [0.15, 0.2) is 5.11 Å². The molecule has 0 spiro atoms. The summed E-state index contributed by atoms with van der Waals surface area (Å²) >= 11 is 5.41. The van der Waals surface area contributed by atoms with E-state index in [4.69, 9.17) is 17.0 Å². The number of rotatable bonds is 4. The van der Waals surface area contributed by atoms with Crippen molar-refractivity contribution in [3.8, 4) is 5.75 Å². The van der Waals surface area contributed by atoms with Crippen molar-refractivity contribution in [3.63, 3.8) is 0 Å². The van der Waals surface area contributed by atoms with Gasteiger partial charge in [-0.2, -0.15) is 0 Å². The number of nitrogens with zero attached hydrogens (tertiary/aromatic N) is 1. The van der Waals surface area contributed by atoms with Gasteiger partial charge in [0.25, 0.3) is 0 Å². The van der Waals surface area contributed by atoms with Gasteiger partial charge in [0.05, 0.1) is 32.8 Å². The molecule has 22 heavy (non-hydrogen) atoms. The standard InChI is InChI=1S/C17H23N3OS/c1-2-6-18-17(22)20-9-7-19(8-10-20)13-14-3-4-16-15(12-14)5-11-21-16/h2-4,12H,1,5-11,13H2,(H,18,22)/p+1. The van der Waals surface area contributed by atoms with Crippen LogP contribution in [-0.4, -0.2) is 49.3 Å². The minimum Gasteiger partial charge on any atom is -0.493 e. The summed E-state index contributed by atoms with van der Waals surface area (Å²) in [6.45, 7) is 10.7. The zero-order valence-electron chi connectivity index (χ0n) is 12.9. The van der Waals surface area contributed by atoms with Crippen LogP contribution in [0.15, 0.2) is 30.9 Å². The van der Waals surface area contributed by atoms with E-state index in [2.05, 4.69) is 35.0 Å². The third-order valence-electron chi connectivity index (χ3n) is 4.36. The molecule has 1 aromatic carbocycles. The quantitative estimate of drug-likeness (QED) is 0.620. The van der Waals surface area contributed by atoms with Crippen molar-refractivity contribution in [2.24, 2.45) is 0 Å². The van der Waals surface area contributed by atoms with Crippen LogP contribution >= 0.6 is 12.2 Å². The van der Waals surface area contributed by atoms with E-state index in [1.807, 2.05) is 6.08 Å². The van der Waals surface area contributed by atoms with Crippen LogP contribution < -0.4 is 15.0 Å². The maximum absolute atomic E-state index is 5.57. The molecule has 0 bridgehead atoms. The number of hydrogen-bond donors (Lipinski definition) is 2. The Morgan fingerprint density at radius 3 is 3.00 bits per heavy atom. The minimum absolute atomic E-state index is 0.739. The highest BCUT2D eigenvalue weighted by molar-refractivity contribution is 7.80. The Balaban J connectivity index is 1.49. The molecule has 2 N–H and O–H groups in total. The number of fused-ring (bicyclic) bond motifs is 1. The summed E-state index contributed by atoms with van der Waals surface area (Å²) in [4.78, 5) is 3.89. The van der Waals surface area contributed by atoms with Gasteiger partial charge in [0, 0.05) is 18.5 Å². The normalized spacial score (nSPS) is 17.7. The fourth-order valence-electron chi connectivity index (χ4n) is 3.11. The Morgan fingerprint density at radius 1 is 1.41 bits per heavy atom. The number of quaternary nitrogens is 1. The molecule has 0 aromatic heterocycles. The second-order valence-corrected chi connectivity index (χ2v) is 6.32. The number of ether oxygens (including phenoxy) is 1. The van der Waals surface area contributed by atoms with E-state index >= 15 is 0 Å². The Kier molecular flexibility index (Phi) is 4.95. The van der Waals surface area contributed by atoms with E-state index in [1.54, 1.807) is 4.90 Å². The second-order valence-electron chi connectivity index (χ2n) is 5.93. The van der Waals surface area contributed by atoms with E-state index in [-0.39, 0.29) is 0 Å². The van der Waals surface area contributed by atoms with Crippen LogP contribution in [0.5, 0.6) is 5.75 Å². The smallest absolute Gasteiger partial charge is 0.169 e. The third kappa shape index (κ3) is 3.59. The molecule has 0 aliphatic carbocycles. The molecule has 0 atom stereocenters. The SMILES string of the molecule is C=CCNC(=S)N1CC[NH+](Cc2ccc3c(c2)CCO3)CC1. The van der Waals surface area contributed by atoms with Crippen LogP contribution in [0.1, 0.15) is 11.1 Å². The third-order valence-corrected chi connectivity index (χ3v) is 4.77. The van der Waals surface area contributed by atoms with E-state index in [0.29, 0.717) is 0 Å². The van der Waals surface area contributed by atoms with Gasteiger partial charge < -0.3 is 19.9 Å². The largest absolute Gasteiger partial charge is 0.493 e. The van der Waals surface area contributed by atoms with Gasteiger partial charge in [-0.15, -0.1) is 6.58 Å². The number of hydrogen-bond acceptors (Lipinski definition) is 2. The van der Waals surface area contributed by atoms with Gasteiger partial charge in [0.1, 0.15) is 12.3 Å². The first-order valence-corrected chi connectivity index (χ1v) is 8.39. The summed E-state index contributed by atoms with van der Waals surface area (Å²) in [5.41, 5.74) is 2.78. The molecule has 0 radical (unpaired) electrons. The first kappa shape index (κ1) is 15.3. The zero-order chi connectivity index (χ0) is 15.4. The predicted octanol–water partition coefficient (Wildman–Crippen LogP) is 0.383. The van der Waals surface area contributed by atoms with E-state index < -0.39 is 0 Å². The first-order valence-electron chi connectivity index (χ1n) is 7.98. The Hall–Kier alpha value is -1.59. The Bertz CT molecular complexity index is 553. The molecule has 3 rings (SSSR count). The average Bonchev–Trinajstić information content (AvgIpc) is 3.01. The topological polar surface area (TPSA) is 28.9 Å². The van der Waals surface area contributed by atoms with Crippen molar-refractivity contribution in [1.82, 2.24) is 10.2 Å². The molecule has 1 aromatic rings. The second kappa shape index (κ2) is 7.11. The minimum atomic E-state index is 0.739. The van der Waals surface area contributed by atoms with Crippen LogP contribution in [-0.2, 0) is 13.0 Å². The van der Waals surface area contributed by atoms with Crippen molar-refractivity contribution in [2.75, 3.05) is 39.3 Å². The Labute approximate surface area is 137 Å². The molecule has 5 heteroatoms. The van der Waals surface area contributed by atoms with E-state index in [1.165, 1.54) is 11.1 Å². The number of thiocarbonyl (C=S) groups is 1. The number of benzene rings is 1. The molecular weight excluding hydrogens is 294 g/mol. The predicted molar refractivity (Wildman–Crippen MR) is 92.4 cm³/mol. The van der Waals surface area contributed by atoms with Crippen LogP contribution in [0.4, 0.5) is 0 Å². The molecule has 0 unspecified atom stereocenters. The first-order chi connectivity index (χ1) is 10.8. The molecule has 1 saturated heterocycles. The average molecular weight is 318 g/mol. The van der Waals surface area contributed by atoms with Crippen LogP contribution in [0, 0.1) is 0 Å². The number of nitrogens with one attached hydrogen (secondary N) is 2. The molecule has 2 aliphatic rings. The molecular formula is C17H24N3OS+. The molecule has 0 saturated carbocycles. The van der Waals surface area contributed by atoms with Crippen molar-refractivity contribution in [1.29, 1.82) is 0 Å². The van der Waals surface area contributed by atoms with Gasteiger partial charge in [-0.05, 0) is 36.0 Å². The van der Waals surface area contributed by atoms with Gasteiger partial charge >= 0.3 is 0 Å². The van der Waals surface area contributed by atoms with Gasteiger partial charge in [-0.1, -0.05) is 6.08 Å². The van der Waals surface area contributed by atoms with Crippen molar-refractivity contribution < 1.29 is 9.64 Å². The molecule has 1 fully saturated rings. The molecule has 2 heterocycles. The summed E-state index contributed by atoms with van der Waals surface area (Å²) in [5.74, 6) is 1.07. The lowest BCUT2D eigenvalue weighted by atomic mass is 10.1. The van der Waals surface area contributed by atoms with E-state index in [0.717, 1.165) is 63.2 Å². The summed E-state index contributed by atoms with van der Waals surface area (Å²) in [6, 6.07) is 6.65. The highest BCUT2D eigenvalue weighted by Gasteiger charge is 2.22. The highest BCUT2D eigenvalue weighted by Crippen LogP contribution is 2.25. The monoisotopic (exact) mass is 318 g/mol. The summed E-state index contributed by atoms with van der Waals surface area (Å²) in [6.07, 6.45) is 2.89. The van der Waals surface area contributed by atoms with E-state index in [9.17, 15) is 0 Å². The van der Waals surface area contributed by atoms with Crippen molar-refractivity contribution in [3.05, 3.63) is 42.0 Å². The fourth-order valence-corrected chi connectivity index (χ4v) is 3.38. The van der Waals surface area contributed by atoms with Crippen LogP contribution in [0.3, 0.4) is 0 Å². The Morgan fingerprint density at radius 2 is 2.23 bits per heavy atom. The van der Waals surface area contributed by atoms with Gasteiger partial charge in [0.2, 0.25) is 0 Å². The van der Waals surface area contributed by atoms with Crippen molar-refractivity contribution in [2.45, 2.75) is 13.0 Å². The lowest BCUT2D eigenvalue weighted by Gasteiger charge is -2.33. The molecule has 2 aliphatic heterocycles. The maximum Gasteiger partial charge on any atom is 0.169 e. The maximum atomic E-state index is 5.57. The highest BCUT2D eigenvalue weighted by atomic mass is 32.1.